The van der Waals surface area contributed by atoms with Crippen LogP contribution >= 0.6 is 0 Å². The highest BCUT2D eigenvalue weighted by Gasteiger charge is 2.18. The molecule has 0 unspecified atom stereocenters. The zero-order chi connectivity index (χ0) is 34.0. The molecule has 0 saturated carbocycles. The van der Waals surface area contributed by atoms with Crippen molar-refractivity contribution in [3.63, 3.8) is 0 Å². The SMILES string of the molecule is CC(=O)Oc1ccc(CN(Cc2ccc(OC(C)=O)c(OC(C)=O)c2)Cc2ccc(OC(C)=O)c(OC(C)=O)c2)cc1OC(C)=O. The second-order valence-corrected chi connectivity index (χ2v) is 10.1. The number of carbonyl (C=O) groups is 6. The van der Waals surface area contributed by atoms with Crippen LogP contribution in [0.4, 0.5) is 0 Å². The molecule has 242 valence electrons. The maximum atomic E-state index is 11.8. The van der Waals surface area contributed by atoms with Gasteiger partial charge in [0.15, 0.2) is 34.5 Å². The molecular formula is C33H33NO12. The molecule has 46 heavy (non-hydrogen) atoms. The minimum Gasteiger partial charge on any atom is -0.423 e. The number of hydrogen-bond acceptors (Lipinski definition) is 13. The monoisotopic (exact) mass is 635 g/mol. The van der Waals surface area contributed by atoms with Gasteiger partial charge < -0.3 is 28.4 Å². The third kappa shape index (κ3) is 11.2. The smallest absolute Gasteiger partial charge is 0.308 e. The van der Waals surface area contributed by atoms with Crippen LogP contribution in [0.5, 0.6) is 34.5 Å². The van der Waals surface area contributed by atoms with Gasteiger partial charge in [0.25, 0.3) is 0 Å². The zero-order valence-electron chi connectivity index (χ0n) is 26.2. The lowest BCUT2D eigenvalue weighted by Crippen LogP contribution is -2.23. The molecule has 0 aliphatic heterocycles. The highest BCUT2D eigenvalue weighted by atomic mass is 16.6. The molecule has 3 aromatic rings. The van der Waals surface area contributed by atoms with Crippen LogP contribution in [0.25, 0.3) is 0 Å². The van der Waals surface area contributed by atoms with Gasteiger partial charge in [-0.1, -0.05) is 18.2 Å². The Morgan fingerprint density at radius 3 is 0.826 bits per heavy atom. The first-order valence-corrected chi connectivity index (χ1v) is 13.9. The van der Waals surface area contributed by atoms with Crippen molar-refractivity contribution in [2.24, 2.45) is 0 Å². The van der Waals surface area contributed by atoms with E-state index in [9.17, 15) is 28.8 Å². The van der Waals surface area contributed by atoms with Crippen LogP contribution in [0.2, 0.25) is 0 Å². The van der Waals surface area contributed by atoms with Gasteiger partial charge in [-0.25, -0.2) is 0 Å². The number of nitrogens with zero attached hydrogens (tertiary/aromatic N) is 1. The molecule has 0 N–H and O–H groups in total. The van der Waals surface area contributed by atoms with Crippen LogP contribution in [0, 0.1) is 0 Å². The molecule has 0 saturated heterocycles. The van der Waals surface area contributed by atoms with E-state index in [0.717, 1.165) is 0 Å². The van der Waals surface area contributed by atoms with Gasteiger partial charge >= 0.3 is 35.8 Å². The highest BCUT2D eigenvalue weighted by Crippen LogP contribution is 2.33. The Balaban J connectivity index is 2.04. The van der Waals surface area contributed by atoms with Gasteiger partial charge in [-0.3, -0.25) is 33.7 Å². The van der Waals surface area contributed by atoms with Crippen molar-refractivity contribution < 1.29 is 57.2 Å². The second-order valence-electron chi connectivity index (χ2n) is 10.1. The Morgan fingerprint density at radius 1 is 0.391 bits per heavy atom. The van der Waals surface area contributed by atoms with Gasteiger partial charge in [-0.15, -0.1) is 0 Å². The number of esters is 6. The van der Waals surface area contributed by atoms with Gasteiger partial charge in [-0.2, -0.15) is 0 Å². The maximum Gasteiger partial charge on any atom is 0.308 e. The predicted octanol–water partition coefficient (Wildman–Crippen LogP) is 4.44. The lowest BCUT2D eigenvalue weighted by Gasteiger charge is -2.24. The fraction of sp³-hybridized carbons (Fsp3) is 0.273. The molecule has 0 heterocycles. The summed E-state index contributed by atoms with van der Waals surface area (Å²) >= 11 is 0. The molecule has 0 atom stereocenters. The molecule has 0 aliphatic rings. The number of carbonyl (C=O) groups excluding carboxylic acids is 6. The lowest BCUT2D eigenvalue weighted by molar-refractivity contribution is -0.134. The average molecular weight is 636 g/mol. The zero-order valence-corrected chi connectivity index (χ0v) is 26.2. The van der Waals surface area contributed by atoms with Gasteiger partial charge in [0.1, 0.15) is 0 Å². The summed E-state index contributed by atoms with van der Waals surface area (Å²) in [7, 11) is 0. The van der Waals surface area contributed by atoms with Crippen LogP contribution in [-0.2, 0) is 48.4 Å². The van der Waals surface area contributed by atoms with Crippen LogP contribution < -0.4 is 28.4 Å². The van der Waals surface area contributed by atoms with E-state index in [1.54, 1.807) is 36.4 Å². The Kier molecular flexibility index (Phi) is 12.1. The van der Waals surface area contributed by atoms with Crippen LogP contribution in [0.3, 0.4) is 0 Å². The largest absolute Gasteiger partial charge is 0.423 e. The third-order valence-corrected chi connectivity index (χ3v) is 5.77. The third-order valence-electron chi connectivity index (χ3n) is 5.77. The molecule has 0 bridgehead atoms. The summed E-state index contributed by atoms with van der Waals surface area (Å²) in [4.78, 5) is 72.0. The van der Waals surface area contributed by atoms with Crippen molar-refractivity contribution in [1.29, 1.82) is 0 Å². The number of benzene rings is 3. The molecule has 3 rings (SSSR count). The molecule has 0 aromatic heterocycles. The summed E-state index contributed by atoms with van der Waals surface area (Å²) in [6.45, 7) is 8.07. The normalized spacial score (nSPS) is 10.5. The Labute approximate surface area is 264 Å². The molecule has 0 amide bonds. The quantitative estimate of drug-likeness (QED) is 0.203. The van der Waals surface area contributed by atoms with Crippen molar-refractivity contribution in [2.75, 3.05) is 0 Å². The number of hydrogen-bond donors (Lipinski definition) is 0. The average Bonchev–Trinajstić information content (AvgIpc) is 2.91. The van der Waals surface area contributed by atoms with Gasteiger partial charge in [0.05, 0.1) is 0 Å². The molecule has 3 aromatic carbocycles. The summed E-state index contributed by atoms with van der Waals surface area (Å²) in [6.07, 6.45) is 0. The van der Waals surface area contributed by atoms with Crippen LogP contribution in [0.1, 0.15) is 58.2 Å². The summed E-state index contributed by atoms with van der Waals surface area (Å²) in [5.41, 5.74) is 2.00. The first-order chi connectivity index (χ1) is 21.7. The van der Waals surface area contributed by atoms with Gasteiger partial charge in [-0.05, 0) is 53.1 Å². The van der Waals surface area contributed by atoms with E-state index in [1.807, 2.05) is 4.90 Å². The molecule has 0 spiro atoms. The van der Waals surface area contributed by atoms with Crippen LogP contribution in [0.15, 0.2) is 54.6 Å². The first kappa shape index (κ1) is 34.9. The number of ether oxygens (including phenoxy) is 6. The van der Waals surface area contributed by atoms with Gasteiger partial charge in [0, 0.05) is 61.2 Å². The van der Waals surface area contributed by atoms with E-state index in [-0.39, 0.29) is 54.1 Å². The predicted molar refractivity (Wildman–Crippen MR) is 160 cm³/mol. The lowest BCUT2D eigenvalue weighted by atomic mass is 10.1. The molecule has 13 heteroatoms. The van der Waals surface area contributed by atoms with E-state index in [0.29, 0.717) is 16.7 Å². The fourth-order valence-corrected chi connectivity index (χ4v) is 4.32. The Hall–Kier alpha value is -5.56. The van der Waals surface area contributed by atoms with E-state index in [1.165, 1.54) is 59.7 Å². The van der Waals surface area contributed by atoms with Crippen molar-refractivity contribution in [1.82, 2.24) is 4.90 Å². The summed E-state index contributed by atoms with van der Waals surface area (Å²) in [5, 5.41) is 0. The Morgan fingerprint density at radius 2 is 0.609 bits per heavy atom. The van der Waals surface area contributed by atoms with E-state index in [4.69, 9.17) is 28.4 Å². The fourth-order valence-electron chi connectivity index (χ4n) is 4.32. The van der Waals surface area contributed by atoms with Crippen molar-refractivity contribution >= 4 is 35.8 Å². The first-order valence-electron chi connectivity index (χ1n) is 13.9. The van der Waals surface area contributed by atoms with Crippen molar-refractivity contribution in [3.8, 4) is 34.5 Å². The van der Waals surface area contributed by atoms with Crippen LogP contribution in [-0.4, -0.2) is 40.7 Å². The molecule has 0 fully saturated rings. The topological polar surface area (TPSA) is 161 Å². The molecular weight excluding hydrogens is 602 g/mol. The summed E-state index contributed by atoms with van der Waals surface area (Å²) in [5.74, 6) is -3.27. The van der Waals surface area contributed by atoms with E-state index < -0.39 is 35.8 Å². The Bertz CT molecular complexity index is 1470. The molecule has 0 aliphatic carbocycles. The minimum atomic E-state index is -0.612. The van der Waals surface area contributed by atoms with E-state index in [2.05, 4.69) is 0 Å². The van der Waals surface area contributed by atoms with Crippen molar-refractivity contribution in [2.45, 2.75) is 61.2 Å². The molecule has 13 nitrogen and oxygen atoms in total. The second kappa shape index (κ2) is 16.0. The summed E-state index contributed by atoms with van der Waals surface area (Å²) < 4.78 is 31.4. The maximum absolute atomic E-state index is 11.8. The van der Waals surface area contributed by atoms with Gasteiger partial charge in [0.2, 0.25) is 0 Å². The number of rotatable bonds is 12. The van der Waals surface area contributed by atoms with Crippen molar-refractivity contribution in [3.05, 3.63) is 71.3 Å². The summed E-state index contributed by atoms with van der Waals surface area (Å²) in [6, 6.07) is 14.3. The van der Waals surface area contributed by atoms with E-state index >= 15 is 0 Å². The highest BCUT2D eigenvalue weighted by molar-refractivity contribution is 5.75. The molecule has 0 radical (unpaired) electrons. The minimum absolute atomic E-state index is 0.0471. The standard InChI is InChI=1S/C33H33NO12/c1-19(35)41-28-10-7-25(13-31(28)44-22(4)38)16-34(17-26-8-11-29(42-20(2)36)32(14-26)45-23(5)39)18-27-9-12-30(43-21(3)37)33(15-27)46-24(6)40/h7-15H,16-18H2,1-6H3.